The summed E-state index contributed by atoms with van der Waals surface area (Å²) in [4.78, 5) is 19.5. The molecule has 0 bridgehead atoms. The number of nitrogens with zero attached hydrogens (tertiary/aromatic N) is 2. The molecule has 0 aliphatic rings. The van der Waals surface area contributed by atoms with E-state index in [-0.39, 0.29) is 11.7 Å². The third-order valence-electron chi connectivity index (χ3n) is 3.75. The second kappa shape index (κ2) is 6.93. The lowest BCUT2D eigenvalue weighted by molar-refractivity contribution is 0.0996. The lowest BCUT2D eigenvalue weighted by Gasteiger charge is -2.16. The molecule has 0 aliphatic heterocycles. The van der Waals surface area contributed by atoms with E-state index in [1.54, 1.807) is 24.1 Å². The van der Waals surface area contributed by atoms with Gasteiger partial charge >= 0.3 is 0 Å². The second-order valence-corrected chi connectivity index (χ2v) is 6.61. The van der Waals surface area contributed by atoms with E-state index < -0.39 is 0 Å². The van der Waals surface area contributed by atoms with Gasteiger partial charge < -0.3 is 4.90 Å². The summed E-state index contributed by atoms with van der Waals surface area (Å²) in [6.07, 6.45) is 0.591. The molecule has 0 spiro atoms. The molecule has 24 heavy (non-hydrogen) atoms. The summed E-state index contributed by atoms with van der Waals surface area (Å²) >= 11 is 1.39. The first-order valence-electron chi connectivity index (χ1n) is 7.58. The summed E-state index contributed by atoms with van der Waals surface area (Å²) in [5, 5.41) is 0.851. The smallest absolute Gasteiger partial charge is 0.270 e. The van der Waals surface area contributed by atoms with Gasteiger partial charge in [-0.3, -0.25) is 4.79 Å². The number of rotatable bonds is 4. The lowest BCUT2D eigenvalue weighted by Crippen LogP contribution is -2.25. The van der Waals surface area contributed by atoms with Gasteiger partial charge in [0, 0.05) is 19.2 Å². The minimum Gasteiger partial charge on any atom is -0.311 e. The van der Waals surface area contributed by atoms with Crippen molar-refractivity contribution >= 4 is 22.9 Å². The molecular formula is C19H17FN2OS. The fourth-order valence-electron chi connectivity index (χ4n) is 2.42. The minimum absolute atomic E-state index is 0.0680. The van der Waals surface area contributed by atoms with Crippen LogP contribution in [0.5, 0.6) is 0 Å². The zero-order chi connectivity index (χ0) is 17.1. The molecule has 3 nitrogen and oxygen atoms in total. The van der Waals surface area contributed by atoms with Gasteiger partial charge in [0.1, 0.15) is 10.7 Å². The lowest BCUT2D eigenvalue weighted by atomic mass is 10.1. The van der Waals surface area contributed by atoms with Gasteiger partial charge in [-0.1, -0.05) is 30.3 Å². The van der Waals surface area contributed by atoms with Gasteiger partial charge in [-0.2, -0.15) is 0 Å². The van der Waals surface area contributed by atoms with E-state index in [0.29, 0.717) is 11.3 Å². The number of benzene rings is 2. The second-order valence-electron chi connectivity index (χ2n) is 5.53. The average molecular weight is 340 g/mol. The predicted molar refractivity (Wildman–Crippen MR) is 95.2 cm³/mol. The first kappa shape index (κ1) is 16.3. The number of halogens is 1. The molecule has 122 valence electrons. The van der Waals surface area contributed by atoms with Gasteiger partial charge in [-0.15, -0.1) is 11.3 Å². The highest BCUT2D eigenvalue weighted by atomic mass is 32.1. The third-order valence-corrected chi connectivity index (χ3v) is 4.90. The number of para-hydroxylation sites is 1. The molecular weight excluding hydrogens is 323 g/mol. The summed E-state index contributed by atoms with van der Waals surface area (Å²) in [6.45, 7) is 1.84. The van der Waals surface area contributed by atoms with Crippen LogP contribution in [-0.4, -0.2) is 17.9 Å². The van der Waals surface area contributed by atoms with Crippen molar-refractivity contribution in [2.24, 2.45) is 0 Å². The van der Waals surface area contributed by atoms with Crippen LogP contribution < -0.4 is 4.90 Å². The van der Waals surface area contributed by atoms with Crippen molar-refractivity contribution < 1.29 is 9.18 Å². The molecule has 0 atom stereocenters. The molecule has 0 saturated heterocycles. The summed E-state index contributed by atoms with van der Waals surface area (Å²) in [7, 11) is 1.76. The SMILES string of the molecule is Cc1nc(Cc2ccc(F)cc2)sc1C(=O)N(C)c1ccccc1. The quantitative estimate of drug-likeness (QED) is 0.702. The number of hydrogen-bond acceptors (Lipinski definition) is 3. The van der Waals surface area contributed by atoms with Gasteiger partial charge in [-0.25, -0.2) is 9.37 Å². The number of hydrogen-bond donors (Lipinski definition) is 0. The van der Waals surface area contributed by atoms with Crippen LogP contribution in [0.4, 0.5) is 10.1 Å². The number of thiazole rings is 1. The van der Waals surface area contributed by atoms with Crippen molar-refractivity contribution in [1.29, 1.82) is 0 Å². The Bertz CT molecular complexity index is 844. The Hall–Kier alpha value is -2.53. The minimum atomic E-state index is -0.255. The highest BCUT2D eigenvalue weighted by Crippen LogP contribution is 2.24. The average Bonchev–Trinajstić information content (AvgIpc) is 2.96. The van der Waals surface area contributed by atoms with Crippen LogP contribution in [0.15, 0.2) is 54.6 Å². The monoisotopic (exact) mass is 340 g/mol. The van der Waals surface area contributed by atoms with Gasteiger partial charge in [0.15, 0.2) is 0 Å². The fraction of sp³-hybridized carbons (Fsp3) is 0.158. The summed E-state index contributed by atoms with van der Waals surface area (Å²) < 4.78 is 13.0. The van der Waals surface area contributed by atoms with Crippen LogP contribution in [0, 0.1) is 12.7 Å². The van der Waals surface area contributed by atoms with Crippen LogP contribution in [0.3, 0.4) is 0 Å². The maximum Gasteiger partial charge on any atom is 0.270 e. The number of aromatic nitrogens is 1. The number of amides is 1. The van der Waals surface area contributed by atoms with Crippen LogP contribution in [0.25, 0.3) is 0 Å². The summed E-state index contributed by atoms with van der Waals surface area (Å²) in [6, 6.07) is 15.9. The Morgan fingerprint density at radius 3 is 2.46 bits per heavy atom. The fourth-order valence-corrected chi connectivity index (χ4v) is 3.50. The standard InChI is InChI=1S/C19H17FN2OS/c1-13-18(19(23)22(2)16-6-4-3-5-7-16)24-17(21-13)12-14-8-10-15(20)11-9-14/h3-11H,12H2,1-2H3. The van der Waals surface area contributed by atoms with Gasteiger partial charge in [-0.05, 0) is 36.8 Å². The van der Waals surface area contributed by atoms with Gasteiger partial charge in [0.2, 0.25) is 0 Å². The Morgan fingerprint density at radius 2 is 1.79 bits per heavy atom. The first-order valence-corrected chi connectivity index (χ1v) is 8.40. The maximum atomic E-state index is 13.0. The molecule has 2 aromatic carbocycles. The van der Waals surface area contributed by atoms with E-state index in [4.69, 9.17) is 0 Å². The molecule has 3 rings (SSSR count). The maximum absolute atomic E-state index is 13.0. The molecule has 0 saturated carbocycles. The van der Waals surface area contributed by atoms with Crippen LogP contribution in [0.1, 0.15) is 25.9 Å². The normalized spacial score (nSPS) is 10.6. The molecule has 0 fully saturated rings. The first-order chi connectivity index (χ1) is 11.5. The molecule has 3 aromatic rings. The van der Waals surface area contributed by atoms with E-state index in [0.717, 1.165) is 22.0 Å². The van der Waals surface area contributed by atoms with Crippen LogP contribution in [-0.2, 0) is 6.42 Å². The highest BCUT2D eigenvalue weighted by Gasteiger charge is 2.20. The zero-order valence-electron chi connectivity index (χ0n) is 13.5. The summed E-state index contributed by atoms with van der Waals surface area (Å²) in [5.74, 6) is -0.323. The Labute approximate surface area is 144 Å². The van der Waals surface area contributed by atoms with E-state index in [1.807, 2.05) is 37.3 Å². The van der Waals surface area contributed by atoms with Crippen molar-refractivity contribution in [2.45, 2.75) is 13.3 Å². The predicted octanol–water partition coefficient (Wildman–Crippen LogP) is 4.46. The van der Waals surface area contributed by atoms with Gasteiger partial charge in [0.05, 0.1) is 10.7 Å². The molecule has 5 heteroatoms. The molecule has 1 aromatic heterocycles. The molecule has 0 aliphatic carbocycles. The number of carbonyl (C=O) groups excluding carboxylic acids is 1. The molecule has 1 heterocycles. The number of aryl methyl sites for hydroxylation is 1. The molecule has 0 radical (unpaired) electrons. The van der Waals surface area contributed by atoms with Crippen LogP contribution in [0.2, 0.25) is 0 Å². The topological polar surface area (TPSA) is 33.2 Å². The van der Waals surface area contributed by atoms with Crippen molar-refractivity contribution in [2.75, 3.05) is 11.9 Å². The molecule has 1 amide bonds. The van der Waals surface area contributed by atoms with E-state index in [9.17, 15) is 9.18 Å². The van der Waals surface area contributed by atoms with E-state index in [2.05, 4.69) is 4.98 Å². The third kappa shape index (κ3) is 3.51. The Morgan fingerprint density at radius 1 is 1.12 bits per heavy atom. The van der Waals surface area contributed by atoms with E-state index in [1.165, 1.54) is 23.5 Å². The zero-order valence-corrected chi connectivity index (χ0v) is 14.3. The van der Waals surface area contributed by atoms with Crippen molar-refractivity contribution in [3.63, 3.8) is 0 Å². The van der Waals surface area contributed by atoms with Crippen molar-refractivity contribution in [3.8, 4) is 0 Å². The van der Waals surface area contributed by atoms with Crippen LogP contribution >= 0.6 is 11.3 Å². The highest BCUT2D eigenvalue weighted by molar-refractivity contribution is 7.14. The van der Waals surface area contributed by atoms with Crippen molar-refractivity contribution in [1.82, 2.24) is 4.98 Å². The largest absolute Gasteiger partial charge is 0.311 e. The van der Waals surface area contributed by atoms with E-state index >= 15 is 0 Å². The summed E-state index contributed by atoms with van der Waals surface area (Å²) in [5.41, 5.74) is 2.54. The van der Waals surface area contributed by atoms with Gasteiger partial charge in [0.25, 0.3) is 5.91 Å². The van der Waals surface area contributed by atoms with Crippen molar-refractivity contribution in [3.05, 3.63) is 81.6 Å². The molecule has 0 N–H and O–H groups in total. The number of anilines is 1. The molecule has 0 unspecified atom stereocenters. The Balaban J connectivity index is 1.80. The Kier molecular flexibility index (Phi) is 4.71. The number of carbonyl (C=O) groups is 1.